The van der Waals surface area contributed by atoms with Crippen LogP contribution in [-0.4, -0.2) is 24.1 Å². The molecule has 1 aromatic heterocycles. The van der Waals surface area contributed by atoms with Crippen molar-refractivity contribution >= 4 is 5.69 Å². The van der Waals surface area contributed by atoms with Crippen LogP contribution in [0.3, 0.4) is 0 Å². The van der Waals surface area contributed by atoms with Crippen molar-refractivity contribution in [1.29, 1.82) is 0 Å². The van der Waals surface area contributed by atoms with E-state index in [9.17, 15) is 0 Å². The zero-order chi connectivity index (χ0) is 15.1. The first kappa shape index (κ1) is 16.3. The fraction of sp³-hybridized carbons (Fsp3) is 0.722. The highest BCUT2D eigenvalue weighted by molar-refractivity contribution is 5.53. The molecule has 0 amide bonds. The van der Waals surface area contributed by atoms with Crippen LogP contribution in [0, 0.1) is 5.92 Å². The number of nitrogens with one attached hydrogen (secondary N) is 1. The van der Waals surface area contributed by atoms with Gasteiger partial charge in [0.15, 0.2) is 0 Å². The van der Waals surface area contributed by atoms with E-state index in [0.717, 1.165) is 25.7 Å². The zero-order valence-electron chi connectivity index (χ0n) is 13.9. The first-order valence-electron chi connectivity index (χ1n) is 8.62. The average Bonchev–Trinajstić information content (AvgIpc) is 2.99. The van der Waals surface area contributed by atoms with Gasteiger partial charge in [-0.3, -0.25) is 4.98 Å². The molecular weight excluding hydrogens is 258 g/mol. The fourth-order valence-electron chi connectivity index (χ4n) is 3.29. The molecular formula is C18H31N3. The summed E-state index contributed by atoms with van der Waals surface area (Å²) in [5.41, 5.74) is 2.74. The Hall–Kier alpha value is -1.09. The molecule has 1 aliphatic rings. The summed E-state index contributed by atoms with van der Waals surface area (Å²) in [6, 6.07) is 2.93. The summed E-state index contributed by atoms with van der Waals surface area (Å²) in [5, 5.41) is 3.52. The van der Waals surface area contributed by atoms with E-state index in [-0.39, 0.29) is 0 Å². The van der Waals surface area contributed by atoms with Gasteiger partial charge in [0.25, 0.3) is 0 Å². The van der Waals surface area contributed by atoms with E-state index in [2.05, 4.69) is 42.0 Å². The first-order chi connectivity index (χ1) is 10.2. The van der Waals surface area contributed by atoms with Crippen LogP contribution in [0.5, 0.6) is 0 Å². The number of rotatable bonds is 8. The van der Waals surface area contributed by atoms with Crippen LogP contribution in [0.1, 0.15) is 58.4 Å². The third-order valence-corrected chi connectivity index (χ3v) is 4.26. The van der Waals surface area contributed by atoms with Crippen molar-refractivity contribution in [3.63, 3.8) is 0 Å². The lowest BCUT2D eigenvalue weighted by molar-refractivity contribution is 0.532. The number of nitrogens with zero attached hydrogens (tertiary/aromatic N) is 2. The average molecular weight is 289 g/mol. The van der Waals surface area contributed by atoms with E-state index < -0.39 is 0 Å². The largest absolute Gasteiger partial charge is 0.368 e. The molecule has 0 unspecified atom stereocenters. The van der Waals surface area contributed by atoms with Crippen molar-refractivity contribution < 1.29 is 0 Å². The van der Waals surface area contributed by atoms with Crippen LogP contribution < -0.4 is 10.2 Å². The maximum Gasteiger partial charge on any atom is 0.0445 e. The molecule has 1 saturated carbocycles. The van der Waals surface area contributed by atoms with Gasteiger partial charge in [0.2, 0.25) is 0 Å². The van der Waals surface area contributed by atoms with Gasteiger partial charge in [0.1, 0.15) is 0 Å². The van der Waals surface area contributed by atoms with Gasteiger partial charge in [0, 0.05) is 42.8 Å². The monoisotopic (exact) mass is 289 g/mol. The molecule has 1 heterocycles. The van der Waals surface area contributed by atoms with E-state index >= 15 is 0 Å². The predicted octanol–water partition coefficient (Wildman–Crippen LogP) is 3.99. The second kappa shape index (κ2) is 8.38. The Morgan fingerprint density at radius 2 is 2.10 bits per heavy atom. The highest BCUT2D eigenvalue weighted by atomic mass is 15.2. The lowest BCUT2D eigenvalue weighted by atomic mass is 10.1. The molecule has 0 radical (unpaired) electrons. The van der Waals surface area contributed by atoms with E-state index in [1.54, 1.807) is 0 Å². The maximum atomic E-state index is 4.35. The van der Waals surface area contributed by atoms with Crippen molar-refractivity contribution in [2.75, 3.05) is 18.0 Å². The number of hydrogen-bond donors (Lipinski definition) is 1. The van der Waals surface area contributed by atoms with E-state index in [0.29, 0.717) is 5.92 Å². The summed E-state index contributed by atoms with van der Waals surface area (Å²) < 4.78 is 0. The van der Waals surface area contributed by atoms with Crippen molar-refractivity contribution in [3.05, 3.63) is 24.0 Å². The van der Waals surface area contributed by atoms with Crippen LogP contribution in [-0.2, 0) is 6.54 Å². The topological polar surface area (TPSA) is 28.2 Å². The Balaban J connectivity index is 2.17. The van der Waals surface area contributed by atoms with Crippen LogP contribution in [0.2, 0.25) is 0 Å². The lowest BCUT2D eigenvalue weighted by Gasteiger charge is -2.34. The van der Waals surface area contributed by atoms with Gasteiger partial charge in [-0.15, -0.1) is 0 Å². The molecule has 0 saturated heterocycles. The van der Waals surface area contributed by atoms with Gasteiger partial charge >= 0.3 is 0 Å². The van der Waals surface area contributed by atoms with Crippen molar-refractivity contribution in [2.45, 2.75) is 65.5 Å². The van der Waals surface area contributed by atoms with Crippen molar-refractivity contribution in [2.24, 2.45) is 5.92 Å². The molecule has 3 nitrogen and oxygen atoms in total. The third-order valence-electron chi connectivity index (χ3n) is 4.26. The zero-order valence-corrected chi connectivity index (χ0v) is 13.9. The quantitative estimate of drug-likeness (QED) is 0.734. The number of pyridine rings is 1. The summed E-state index contributed by atoms with van der Waals surface area (Å²) in [4.78, 5) is 7.00. The second-order valence-electron chi connectivity index (χ2n) is 6.67. The molecule has 21 heavy (non-hydrogen) atoms. The molecule has 3 heteroatoms. The fourth-order valence-corrected chi connectivity index (χ4v) is 3.29. The Morgan fingerprint density at radius 1 is 1.33 bits per heavy atom. The minimum absolute atomic E-state index is 0.690. The smallest absolute Gasteiger partial charge is 0.0445 e. The Labute approximate surface area is 130 Å². The summed E-state index contributed by atoms with van der Waals surface area (Å²) >= 11 is 0. The SMILES string of the molecule is CCCNCc1cnccc1N(CC(C)C)C1CCCC1. The van der Waals surface area contributed by atoms with Gasteiger partial charge in [-0.25, -0.2) is 0 Å². The molecule has 0 bridgehead atoms. The molecule has 0 spiro atoms. The third kappa shape index (κ3) is 4.70. The maximum absolute atomic E-state index is 4.35. The Morgan fingerprint density at radius 3 is 2.76 bits per heavy atom. The molecule has 118 valence electrons. The summed E-state index contributed by atoms with van der Waals surface area (Å²) in [6.45, 7) is 9.99. The highest BCUT2D eigenvalue weighted by Gasteiger charge is 2.24. The normalized spacial score (nSPS) is 15.8. The molecule has 1 fully saturated rings. The van der Waals surface area contributed by atoms with Crippen molar-refractivity contribution in [3.8, 4) is 0 Å². The second-order valence-corrected chi connectivity index (χ2v) is 6.67. The molecule has 0 aromatic carbocycles. The minimum atomic E-state index is 0.690. The van der Waals surface area contributed by atoms with Gasteiger partial charge in [0.05, 0.1) is 0 Å². The first-order valence-corrected chi connectivity index (χ1v) is 8.62. The van der Waals surface area contributed by atoms with Crippen LogP contribution in [0.25, 0.3) is 0 Å². The number of hydrogen-bond acceptors (Lipinski definition) is 3. The molecule has 0 aliphatic heterocycles. The van der Waals surface area contributed by atoms with Crippen LogP contribution in [0.4, 0.5) is 5.69 Å². The summed E-state index contributed by atoms with van der Waals surface area (Å²) in [7, 11) is 0. The minimum Gasteiger partial charge on any atom is -0.368 e. The summed E-state index contributed by atoms with van der Waals surface area (Å²) in [6.07, 6.45) is 10.6. The van der Waals surface area contributed by atoms with Crippen LogP contribution >= 0.6 is 0 Å². The standard InChI is InChI=1S/C18H31N3/c1-4-10-19-12-16-13-20-11-9-18(16)21(14-15(2)3)17-7-5-6-8-17/h9,11,13,15,17,19H,4-8,10,12,14H2,1-3H3. The number of anilines is 1. The van der Waals surface area contributed by atoms with E-state index in [4.69, 9.17) is 0 Å². The lowest BCUT2D eigenvalue weighted by Crippen LogP contribution is -2.37. The Kier molecular flexibility index (Phi) is 6.50. The van der Waals surface area contributed by atoms with E-state index in [1.165, 1.54) is 43.4 Å². The number of aromatic nitrogens is 1. The molecule has 2 rings (SSSR count). The van der Waals surface area contributed by atoms with Gasteiger partial charge in [-0.2, -0.15) is 0 Å². The molecule has 1 N–H and O–H groups in total. The van der Waals surface area contributed by atoms with Gasteiger partial charge in [-0.1, -0.05) is 33.6 Å². The molecule has 1 aliphatic carbocycles. The van der Waals surface area contributed by atoms with Gasteiger partial charge < -0.3 is 10.2 Å². The van der Waals surface area contributed by atoms with Crippen LogP contribution in [0.15, 0.2) is 18.5 Å². The molecule has 0 atom stereocenters. The highest BCUT2D eigenvalue weighted by Crippen LogP contribution is 2.30. The predicted molar refractivity (Wildman–Crippen MR) is 90.7 cm³/mol. The summed E-state index contributed by atoms with van der Waals surface area (Å²) in [5.74, 6) is 0.690. The van der Waals surface area contributed by atoms with E-state index in [1.807, 2.05) is 12.4 Å². The molecule has 1 aromatic rings. The van der Waals surface area contributed by atoms with Crippen molar-refractivity contribution in [1.82, 2.24) is 10.3 Å². The van der Waals surface area contributed by atoms with Gasteiger partial charge in [-0.05, 0) is 37.8 Å². The Bertz CT molecular complexity index is 411.